The van der Waals surface area contributed by atoms with Gasteiger partial charge in [-0.25, -0.2) is 4.79 Å². The lowest BCUT2D eigenvalue weighted by Crippen LogP contribution is -2.35. The maximum atomic E-state index is 12.6. The van der Waals surface area contributed by atoms with Crippen LogP contribution in [0.3, 0.4) is 0 Å². The maximum Gasteiger partial charge on any atom is 0.336 e. The largest absolute Gasteiger partial charge is 0.490 e. The van der Waals surface area contributed by atoms with E-state index in [1.165, 1.54) is 6.07 Å². The van der Waals surface area contributed by atoms with Gasteiger partial charge < -0.3 is 23.9 Å². The summed E-state index contributed by atoms with van der Waals surface area (Å²) in [5.74, 6) is 1.78. The second-order valence-corrected chi connectivity index (χ2v) is 7.79. The highest BCUT2D eigenvalue weighted by Gasteiger charge is 2.21. The normalized spacial score (nSPS) is 14.2. The van der Waals surface area contributed by atoms with E-state index in [-0.39, 0.29) is 24.5 Å². The first-order chi connectivity index (χ1) is 15.0. The second kappa shape index (κ2) is 9.12. The van der Waals surface area contributed by atoms with Gasteiger partial charge in [0.2, 0.25) is 0 Å². The van der Waals surface area contributed by atoms with Crippen molar-refractivity contribution in [2.24, 2.45) is 5.92 Å². The number of ether oxygens (including phenoxy) is 3. The second-order valence-electron chi connectivity index (χ2n) is 7.79. The van der Waals surface area contributed by atoms with Crippen LogP contribution in [0.2, 0.25) is 0 Å². The van der Waals surface area contributed by atoms with Gasteiger partial charge in [0.1, 0.15) is 11.3 Å². The van der Waals surface area contributed by atoms with Gasteiger partial charge in [0.15, 0.2) is 18.1 Å². The molecule has 1 amide bonds. The van der Waals surface area contributed by atoms with E-state index in [0.29, 0.717) is 30.3 Å². The van der Waals surface area contributed by atoms with Gasteiger partial charge in [0.25, 0.3) is 5.91 Å². The van der Waals surface area contributed by atoms with Gasteiger partial charge in [-0.3, -0.25) is 4.79 Å². The lowest BCUT2D eigenvalue weighted by Gasteiger charge is -2.24. The van der Waals surface area contributed by atoms with Gasteiger partial charge in [-0.05, 0) is 41.8 Å². The SMILES string of the molecule is CC(C)[C@H](NC(=O)COc1ccc2ccc(=O)oc2c1)c1ccc2c(c1)OCCCO2. The van der Waals surface area contributed by atoms with Crippen LogP contribution in [0.4, 0.5) is 0 Å². The third-order valence-electron chi connectivity index (χ3n) is 5.08. The van der Waals surface area contributed by atoms with Gasteiger partial charge in [-0.15, -0.1) is 0 Å². The zero-order chi connectivity index (χ0) is 21.8. The Labute approximate surface area is 179 Å². The van der Waals surface area contributed by atoms with Crippen molar-refractivity contribution in [2.75, 3.05) is 19.8 Å². The Kier molecular flexibility index (Phi) is 6.11. The average Bonchev–Trinajstić information content (AvgIpc) is 3.00. The van der Waals surface area contributed by atoms with Gasteiger partial charge in [-0.2, -0.15) is 0 Å². The van der Waals surface area contributed by atoms with Crippen LogP contribution >= 0.6 is 0 Å². The van der Waals surface area contributed by atoms with Crippen molar-refractivity contribution >= 4 is 16.9 Å². The van der Waals surface area contributed by atoms with Crippen LogP contribution in [0.25, 0.3) is 11.0 Å². The first kappa shape index (κ1) is 20.8. The highest BCUT2D eigenvalue weighted by Crippen LogP contribution is 2.34. The number of carbonyl (C=O) groups excluding carboxylic acids is 1. The number of nitrogens with one attached hydrogen (secondary N) is 1. The fourth-order valence-electron chi connectivity index (χ4n) is 3.50. The van der Waals surface area contributed by atoms with Crippen molar-refractivity contribution < 1.29 is 23.4 Å². The molecule has 0 saturated carbocycles. The fourth-order valence-corrected chi connectivity index (χ4v) is 3.50. The molecule has 0 saturated heterocycles. The van der Waals surface area contributed by atoms with Crippen LogP contribution in [0.1, 0.15) is 31.9 Å². The van der Waals surface area contributed by atoms with Crippen molar-refractivity contribution in [1.82, 2.24) is 5.32 Å². The van der Waals surface area contributed by atoms with E-state index in [0.717, 1.165) is 23.1 Å². The minimum absolute atomic E-state index is 0.156. The van der Waals surface area contributed by atoms with Crippen LogP contribution in [0.15, 0.2) is 57.7 Å². The molecular formula is C24H25NO6. The number of hydrogen-bond donors (Lipinski definition) is 1. The summed E-state index contributed by atoms with van der Waals surface area (Å²) in [5.41, 5.74) is 0.926. The molecule has 7 nitrogen and oxygen atoms in total. The van der Waals surface area contributed by atoms with E-state index in [9.17, 15) is 9.59 Å². The Bertz CT molecular complexity index is 1140. The quantitative estimate of drug-likeness (QED) is 0.606. The molecule has 2 aromatic carbocycles. The van der Waals surface area contributed by atoms with E-state index < -0.39 is 5.63 Å². The molecule has 4 rings (SSSR count). The van der Waals surface area contributed by atoms with Gasteiger partial charge in [0.05, 0.1) is 19.3 Å². The van der Waals surface area contributed by atoms with Crippen molar-refractivity contribution in [3.8, 4) is 17.2 Å². The Morgan fingerprint density at radius 1 is 1.03 bits per heavy atom. The third-order valence-corrected chi connectivity index (χ3v) is 5.08. The van der Waals surface area contributed by atoms with Crippen molar-refractivity contribution in [2.45, 2.75) is 26.3 Å². The molecule has 1 N–H and O–H groups in total. The third kappa shape index (κ3) is 4.99. The predicted molar refractivity (Wildman–Crippen MR) is 116 cm³/mol. The van der Waals surface area contributed by atoms with Gasteiger partial charge in [-0.1, -0.05) is 19.9 Å². The molecular weight excluding hydrogens is 398 g/mol. The lowest BCUT2D eigenvalue weighted by atomic mass is 9.95. The van der Waals surface area contributed by atoms with Crippen LogP contribution in [-0.4, -0.2) is 25.7 Å². The molecule has 0 radical (unpaired) electrons. The smallest absolute Gasteiger partial charge is 0.336 e. The molecule has 0 fully saturated rings. The first-order valence-corrected chi connectivity index (χ1v) is 10.4. The van der Waals surface area contributed by atoms with Gasteiger partial charge >= 0.3 is 5.63 Å². The Hall–Kier alpha value is -3.48. The molecule has 0 aliphatic carbocycles. The standard InChI is InChI=1S/C24H25NO6/c1-15(2)24(17-5-8-19-21(12-17)29-11-3-10-28-19)25-22(26)14-30-18-7-4-16-6-9-23(27)31-20(16)13-18/h4-9,12-13,15,24H,3,10-11,14H2,1-2H3,(H,25,26)/t24-/m0/s1. The van der Waals surface area contributed by atoms with Crippen molar-refractivity contribution in [3.63, 3.8) is 0 Å². The van der Waals surface area contributed by atoms with E-state index in [4.69, 9.17) is 18.6 Å². The molecule has 0 bridgehead atoms. The zero-order valence-corrected chi connectivity index (χ0v) is 17.6. The maximum absolute atomic E-state index is 12.6. The number of carbonyl (C=O) groups is 1. The molecule has 162 valence electrons. The topological polar surface area (TPSA) is 87.0 Å². The number of amides is 1. The molecule has 1 aliphatic heterocycles. The van der Waals surface area contributed by atoms with Crippen molar-refractivity contribution in [1.29, 1.82) is 0 Å². The number of rotatable bonds is 6. The Balaban J connectivity index is 1.43. The lowest BCUT2D eigenvalue weighted by molar-refractivity contribution is -0.124. The Morgan fingerprint density at radius 2 is 1.81 bits per heavy atom. The summed E-state index contributed by atoms with van der Waals surface area (Å²) in [6.45, 7) is 5.16. The summed E-state index contributed by atoms with van der Waals surface area (Å²) in [6.07, 6.45) is 0.837. The summed E-state index contributed by atoms with van der Waals surface area (Å²) in [7, 11) is 0. The van der Waals surface area contributed by atoms with Gasteiger partial charge in [0, 0.05) is 23.9 Å². The zero-order valence-electron chi connectivity index (χ0n) is 17.6. The Morgan fingerprint density at radius 3 is 2.61 bits per heavy atom. The highest BCUT2D eigenvalue weighted by molar-refractivity contribution is 5.79. The summed E-state index contributed by atoms with van der Waals surface area (Å²) in [6, 6.07) is 13.7. The highest BCUT2D eigenvalue weighted by atomic mass is 16.5. The molecule has 1 aromatic heterocycles. The monoisotopic (exact) mass is 423 g/mol. The molecule has 0 spiro atoms. The first-order valence-electron chi connectivity index (χ1n) is 10.4. The van der Waals surface area contributed by atoms with E-state index in [1.54, 1.807) is 24.3 Å². The summed E-state index contributed by atoms with van der Waals surface area (Å²) < 4.78 is 22.2. The van der Waals surface area contributed by atoms with Crippen LogP contribution < -0.4 is 25.2 Å². The molecule has 2 heterocycles. The number of benzene rings is 2. The summed E-state index contributed by atoms with van der Waals surface area (Å²) in [4.78, 5) is 24.0. The van der Waals surface area contributed by atoms with E-state index in [2.05, 4.69) is 5.32 Å². The number of fused-ring (bicyclic) bond motifs is 2. The van der Waals surface area contributed by atoms with Crippen LogP contribution in [0, 0.1) is 5.92 Å². The van der Waals surface area contributed by atoms with E-state index in [1.807, 2.05) is 32.0 Å². The van der Waals surface area contributed by atoms with Crippen molar-refractivity contribution in [3.05, 3.63) is 64.5 Å². The molecule has 0 unspecified atom stereocenters. The molecule has 7 heteroatoms. The van der Waals surface area contributed by atoms with Crippen LogP contribution in [0.5, 0.6) is 17.2 Å². The summed E-state index contributed by atoms with van der Waals surface area (Å²) in [5, 5.41) is 3.82. The minimum atomic E-state index is -0.433. The minimum Gasteiger partial charge on any atom is -0.490 e. The molecule has 31 heavy (non-hydrogen) atoms. The fraction of sp³-hybridized carbons (Fsp3) is 0.333. The predicted octanol–water partition coefficient (Wildman–Crippen LogP) is 3.85. The molecule has 1 atom stereocenters. The molecule has 3 aromatic rings. The van der Waals surface area contributed by atoms with Crippen LogP contribution in [-0.2, 0) is 4.79 Å². The van der Waals surface area contributed by atoms with E-state index >= 15 is 0 Å². The number of hydrogen-bond acceptors (Lipinski definition) is 6. The average molecular weight is 423 g/mol. The summed E-state index contributed by atoms with van der Waals surface area (Å²) >= 11 is 0. The molecule has 1 aliphatic rings.